The zero-order valence-electron chi connectivity index (χ0n) is 18.5. The maximum absolute atomic E-state index is 13.5. The molecule has 5 rings (SSSR count). The van der Waals surface area contributed by atoms with Crippen molar-refractivity contribution in [2.45, 2.75) is 20.4 Å². The van der Waals surface area contributed by atoms with Crippen LogP contribution in [0.5, 0.6) is 0 Å². The molecule has 0 atom stereocenters. The molecule has 2 aromatic carbocycles. The van der Waals surface area contributed by atoms with E-state index in [1.165, 1.54) is 11.0 Å². The Morgan fingerprint density at radius 3 is 2.64 bits per heavy atom. The predicted octanol–water partition coefficient (Wildman–Crippen LogP) is 4.25. The van der Waals surface area contributed by atoms with Gasteiger partial charge < -0.3 is 10.3 Å². The lowest BCUT2D eigenvalue weighted by molar-refractivity contribution is 0.675. The summed E-state index contributed by atoms with van der Waals surface area (Å²) in [4.78, 5) is 33.8. The molecule has 0 saturated carbocycles. The highest BCUT2D eigenvalue weighted by Gasteiger charge is 2.18. The average Bonchev–Trinajstić information content (AvgIpc) is 3.34. The number of imidazole rings is 1. The Labute approximate surface area is 195 Å². The van der Waals surface area contributed by atoms with E-state index in [9.17, 15) is 4.79 Å². The second-order valence-corrected chi connectivity index (χ2v) is 7.22. The molecule has 0 unspecified atom stereocenters. The van der Waals surface area contributed by atoms with Crippen molar-refractivity contribution in [3.63, 3.8) is 0 Å². The minimum absolute atomic E-state index is 0.236. The summed E-state index contributed by atoms with van der Waals surface area (Å²) in [5, 5.41) is 5.72. The van der Waals surface area contributed by atoms with Gasteiger partial charge in [-0.25, -0.2) is 24.6 Å². The van der Waals surface area contributed by atoms with Crippen LogP contribution in [0.1, 0.15) is 19.7 Å². The van der Waals surface area contributed by atoms with Gasteiger partial charge in [-0.05, 0) is 24.3 Å². The SMILES string of the molecule is CC.CN(c1ccccc1)n1c(CNc2ncnc3nc[nH]c23)nc2cccc(Cl)c2c1=O. The summed E-state index contributed by atoms with van der Waals surface area (Å²) in [5.74, 6) is 1.06. The van der Waals surface area contributed by atoms with Gasteiger partial charge in [-0.15, -0.1) is 0 Å². The third-order valence-corrected chi connectivity index (χ3v) is 5.27. The fraction of sp³-hybridized carbons (Fsp3) is 0.174. The normalized spacial score (nSPS) is 10.7. The summed E-state index contributed by atoms with van der Waals surface area (Å²) in [7, 11) is 1.81. The van der Waals surface area contributed by atoms with E-state index in [2.05, 4.69) is 25.3 Å². The molecule has 0 radical (unpaired) electrons. The first kappa shape index (κ1) is 22.2. The monoisotopic (exact) mass is 462 g/mol. The smallest absolute Gasteiger partial charge is 0.282 e. The summed E-state index contributed by atoms with van der Waals surface area (Å²) in [6.45, 7) is 4.24. The maximum atomic E-state index is 13.5. The molecule has 0 aliphatic rings. The van der Waals surface area contributed by atoms with Crippen LogP contribution in [-0.4, -0.2) is 36.6 Å². The molecule has 0 aliphatic carbocycles. The Balaban J connectivity index is 0.00000126. The summed E-state index contributed by atoms with van der Waals surface area (Å²) in [6, 6.07) is 14.8. The molecule has 33 heavy (non-hydrogen) atoms. The average molecular weight is 463 g/mol. The molecule has 9 nitrogen and oxygen atoms in total. The van der Waals surface area contributed by atoms with Crippen LogP contribution < -0.4 is 15.9 Å². The highest BCUT2D eigenvalue weighted by atomic mass is 35.5. The van der Waals surface area contributed by atoms with Crippen molar-refractivity contribution < 1.29 is 0 Å². The first-order valence-corrected chi connectivity index (χ1v) is 10.9. The summed E-state index contributed by atoms with van der Waals surface area (Å²) in [5.41, 5.74) is 2.33. The number of rotatable bonds is 5. The highest BCUT2D eigenvalue weighted by molar-refractivity contribution is 6.35. The molecule has 2 N–H and O–H groups in total. The maximum Gasteiger partial charge on any atom is 0.282 e. The van der Waals surface area contributed by atoms with Gasteiger partial charge in [0.25, 0.3) is 5.56 Å². The van der Waals surface area contributed by atoms with Crippen LogP contribution in [0.25, 0.3) is 22.1 Å². The number of halogens is 1. The van der Waals surface area contributed by atoms with Gasteiger partial charge in [-0.3, -0.25) is 9.80 Å². The van der Waals surface area contributed by atoms with Gasteiger partial charge in [0.1, 0.15) is 11.8 Å². The number of benzene rings is 2. The Kier molecular flexibility index (Phi) is 6.50. The van der Waals surface area contributed by atoms with E-state index in [4.69, 9.17) is 16.6 Å². The minimum Gasteiger partial charge on any atom is -0.361 e. The first-order chi connectivity index (χ1) is 16.1. The van der Waals surface area contributed by atoms with E-state index in [-0.39, 0.29) is 12.1 Å². The molecule has 3 aromatic heterocycles. The molecule has 5 aromatic rings. The predicted molar refractivity (Wildman–Crippen MR) is 132 cm³/mol. The van der Waals surface area contributed by atoms with Gasteiger partial charge in [0.2, 0.25) is 0 Å². The number of para-hydroxylation sites is 1. The van der Waals surface area contributed by atoms with Gasteiger partial charge >= 0.3 is 0 Å². The van der Waals surface area contributed by atoms with Crippen molar-refractivity contribution in [1.29, 1.82) is 0 Å². The van der Waals surface area contributed by atoms with Crippen molar-refractivity contribution in [3.05, 3.63) is 82.4 Å². The Hall–Kier alpha value is -3.98. The Morgan fingerprint density at radius 1 is 1.06 bits per heavy atom. The van der Waals surface area contributed by atoms with Gasteiger partial charge in [0, 0.05) is 7.05 Å². The van der Waals surface area contributed by atoms with Crippen molar-refractivity contribution in [2.75, 3.05) is 17.4 Å². The van der Waals surface area contributed by atoms with Gasteiger partial charge in [-0.2, -0.15) is 0 Å². The number of anilines is 2. The van der Waals surface area contributed by atoms with E-state index in [0.29, 0.717) is 38.7 Å². The molecule has 0 saturated heterocycles. The third kappa shape index (κ3) is 4.22. The lowest BCUT2D eigenvalue weighted by Gasteiger charge is -2.25. The van der Waals surface area contributed by atoms with Crippen LogP contribution in [0.2, 0.25) is 5.02 Å². The second kappa shape index (κ2) is 9.66. The number of H-pyrrole nitrogens is 1. The summed E-state index contributed by atoms with van der Waals surface area (Å²) in [6.07, 6.45) is 2.99. The van der Waals surface area contributed by atoms with E-state index in [1.807, 2.05) is 51.2 Å². The molecule has 0 spiro atoms. The topological polar surface area (TPSA) is 105 Å². The van der Waals surface area contributed by atoms with E-state index in [1.54, 1.807) is 29.5 Å². The molecule has 0 aliphatic heterocycles. The van der Waals surface area contributed by atoms with Crippen LogP contribution in [0.15, 0.2) is 66.0 Å². The summed E-state index contributed by atoms with van der Waals surface area (Å²) >= 11 is 6.35. The number of hydrogen-bond acceptors (Lipinski definition) is 7. The number of nitrogens with one attached hydrogen (secondary N) is 2. The van der Waals surface area contributed by atoms with Crippen LogP contribution in [0.3, 0.4) is 0 Å². The minimum atomic E-state index is -0.256. The number of fused-ring (bicyclic) bond motifs is 2. The lowest BCUT2D eigenvalue weighted by atomic mass is 10.2. The van der Waals surface area contributed by atoms with Crippen LogP contribution in [-0.2, 0) is 6.54 Å². The number of aromatic nitrogens is 6. The van der Waals surface area contributed by atoms with E-state index in [0.717, 1.165) is 5.69 Å². The zero-order valence-corrected chi connectivity index (χ0v) is 19.2. The van der Waals surface area contributed by atoms with Crippen molar-refractivity contribution in [3.8, 4) is 0 Å². The van der Waals surface area contributed by atoms with E-state index >= 15 is 0 Å². The number of aromatic amines is 1. The van der Waals surface area contributed by atoms with Gasteiger partial charge in [-0.1, -0.05) is 49.7 Å². The second-order valence-electron chi connectivity index (χ2n) is 6.82. The molecule has 10 heteroatoms. The molecule has 0 bridgehead atoms. The largest absolute Gasteiger partial charge is 0.361 e. The molecule has 0 fully saturated rings. The van der Waals surface area contributed by atoms with Gasteiger partial charge in [0.15, 0.2) is 17.3 Å². The number of nitrogens with zero attached hydrogens (tertiary/aromatic N) is 6. The Bertz CT molecular complexity index is 1450. The van der Waals surface area contributed by atoms with E-state index < -0.39 is 0 Å². The molecular formula is C23H23ClN8O. The summed E-state index contributed by atoms with van der Waals surface area (Å²) < 4.78 is 1.52. The lowest BCUT2D eigenvalue weighted by Crippen LogP contribution is -2.39. The third-order valence-electron chi connectivity index (χ3n) is 4.96. The van der Waals surface area contributed by atoms with Crippen molar-refractivity contribution >= 4 is 45.2 Å². The molecule has 168 valence electrons. The first-order valence-electron chi connectivity index (χ1n) is 10.5. The van der Waals surface area contributed by atoms with Gasteiger partial charge in [0.05, 0.1) is 34.5 Å². The quantitative estimate of drug-likeness (QED) is 0.402. The number of hydrogen-bond donors (Lipinski definition) is 2. The van der Waals surface area contributed by atoms with Crippen molar-refractivity contribution in [1.82, 2.24) is 29.6 Å². The fourth-order valence-corrected chi connectivity index (χ4v) is 3.72. The standard InChI is InChI=1S/C21H17ClN8O.C2H6/c1-29(13-6-3-2-4-7-13)30-16(28-15-9-5-8-14(22)17(15)21(30)31)10-23-19-18-20(25-11-24-18)27-12-26-19;1-2/h2-9,11-12H,10H2,1H3,(H2,23,24,25,26,27);1-2H3. The fourth-order valence-electron chi connectivity index (χ4n) is 3.47. The molecule has 0 amide bonds. The molecule has 3 heterocycles. The molecular weight excluding hydrogens is 440 g/mol. The zero-order chi connectivity index (χ0) is 23.4. The van der Waals surface area contributed by atoms with Crippen LogP contribution >= 0.6 is 11.6 Å². The van der Waals surface area contributed by atoms with Crippen LogP contribution in [0.4, 0.5) is 11.5 Å². The van der Waals surface area contributed by atoms with Crippen LogP contribution in [0, 0.1) is 0 Å². The highest BCUT2D eigenvalue weighted by Crippen LogP contribution is 2.21. The van der Waals surface area contributed by atoms with Crippen molar-refractivity contribution in [2.24, 2.45) is 0 Å². The Morgan fingerprint density at radius 2 is 1.85 bits per heavy atom.